The molecule has 1 aliphatic rings. The number of H-pyrrole nitrogens is 1. The molecule has 6 nitrogen and oxygen atoms in total. The maximum atomic E-state index is 12.9. The van der Waals surface area contributed by atoms with Gasteiger partial charge >= 0.3 is 6.55 Å². The second-order valence-corrected chi connectivity index (χ2v) is 6.33. The van der Waals surface area contributed by atoms with Crippen molar-refractivity contribution in [2.75, 3.05) is 26.2 Å². The summed E-state index contributed by atoms with van der Waals surface area (Å²) in [7, 11) is 0. The molecule has 0 atom stereocenters. The summed E-state index contributed by atoms with van der Waals surface area (Å²) in [5, 5.41) is 8.29. The van der Waals surface area contributed by atoms with Crippen molar-refractivity contribution < 1.29 is 8.78 Å². The number of rotatable bonds is 5. The van der Waals surface area contributed by atoms with Gasteiger partial charge in [0.1, 0.15) is 5.82 Å². The number of imidazole rings is 1. The van der Waals surface area contributed by atoms with Crippen LogP contribution in [0.3, 0.4) is 0 Å². The Hall–Kier alpha value is -2.32. The quantitative estimate of drug-likeness (QED) is 0.771. The SMILES string of the molecule is FC(F)n1ccnc1CN1CCN(Cc2cccc3cn[nH]c23)CC1. The number of fused-ring (bicyclic) bond motifs is 1. The minimum absolute atomic E-state index is 0.422. The van der Waals surface area contributed by atoms with E-state index in [0.717, 1.165) is 48.2 Å². The number of nitrogens with zero attached hydrogens (tertiary/aromatic N) is 5. The molecule has 0 spiro atoms. The lowest BCUT2D eigenvalue weighted by Gasteiger charge is -2.34. The Balaban J connectivity index is 1.35. The highest BCUT2D eigenvalue weighted by Crippen LogP contribution is 2.19. The number of alkyl halides is 2. The van der Waals surface area contributed by atoms with Gasteiger partial charge in [-0.1, -0.05) is 18.2 Å². The fraction of sp³-hybridized carbons (Fsp3) is 0.412. The van der Waals surface area contributed by atoms with Crippen LogP contribution >= 0.6 is 0 Å². The average molecular weight is 346 g/mol. The Morgan fingerprint density at radius 2 is 1.84 bits per heavy atom. The lowest BCUT2D eigenvalue weighted by atomic mass is 10.1. The Morgan fingerprint density at radius 1 is 1.08 bits per heavy atom. The zero-order valence-corrected chi connectivity index (χ0v) is 13.8. The largest absolute Gasteiger partial charge is 0.319 e. The van der Waals surface area contributed by atoms with Crippen molar-refractivity contribution in [3.8, 4) is 0 Å². The van der Waals surface area contributed by atoms with Gasteiger partial charge in [0, 0.05) is 50.5 Å². The van der Waals surface area contributed by atoms with E-state index in [1.54, 1.807) is 0 Å². The molecule has 1 fully saturated rings. The van der Waals surface area contributed by atoms with Crippen molar-refractivity contribution in [1.82, 2.24) is 29.5 Å². The molecule has 132 valence electrons. The van der Waals surface area contributed by atoms with Gasteiger partial charge in [-0.15, -0.1) is 0 Å². The number of aromatic amines is 1. The summed E-state index contributed by atoms with van der Waals surface area (Å²) in [6.45, 7) is 2.28. The highest BCUT2D eigenvalue weighted by atomic mass is 19.3. The third-order valence-electron chi connectivity index (χ3n) is 4.75. The van der Waals surface area contributed by atoms with Crippen LogP contribution in [0, 0.1) is 0 Å². The van der Waals surface area contributed by atoms with E-state index in [2.05, 4.69) is 31.0 Å². The van der Waals surface area contributed by atoms with E-state index in [9.17, 15) is 8.78 Å². The van der Waals surface area contributed by atoms with Gasteiger partial charge in [0.05, 0.1) is 18.3 Å². The van der Waals surface area contributed by atoms with Crippen LogP contribution in [0.1, 0.15) is 17.9 Å². The number of piperazine rings is 1. The van der Waals surface area contributed by atoms with Gasteiger partial charge in [-0.05, 0) is 5.56 Å². The maximum absolute atomic E-state index is 12.9. The van der Waals surface area contributed by atoms with Crippen molar-refractivity contribution in [3.05, 3.63) is 48.2 Å². The van der Waals surface area contributed by atoms with Crippen LogP contribution in [0.5, 0.6) is 0 Å². The standard InChI is InChI=1S/C17H20F2N6/c18-17(19)25-5-4-20-15(25)12-24-8-6-23(7-9-24)11-14-3-1-2-13-10-21-22-16(13)14/h1-5,10,17H,6-9,11-12H2,(H,21,22). The van der Waals surface area contributed by atoms with Crippen molar-refractivity contribution in [2.45, 2.75) is 19.6 Å². The van der Waals surface area contributed by atoms with Crippen molar-refractivity contribution in [3.63, 3.8) is 0 Å². The summed E-state index contributed by atoms with van der Waals surface area (Å²) in [5.74, 6) is 0.422. The molecule has 1 aliphatic heterocycles. The lowest BCUT2D eigenvalue weighted by Crippen LogP contribution is -2.45. The van der Waals surface area contributed by atoms with E-state index in [1.807, 2.05) is 18.3 Å². The maximum Gasteiger partial charge on any atom is 0.319 e. The molecule has 0 saturated carbocycles. The molecule has 0 unspecified atom stereocenters. The molecule has 0 aliphatic carbocycles. The molecule has 2 aromatic heterocycles. The fourth-order valence-electron chi connectivity index (χ4n) is 3.35. The van der Waals surface area contributed by atoms with E-state index in [1.165, 1.54) is 18.0 Å². The van der Waals surface area contributed by atoms with Crippen molar-refractivity contribution >= 4 is 10.9 Å². The summed E-state index contributed by atoms with van der Waals surface area (Å²) in [4.78, 5) is 8.62. The van der Waals surface area contributed by atoms with Gasteiger partial charge in [0.25, 0.3) is 0 Å². The second kappa shape index (κ2) is 6.89. The molecule has 4 rings (SSSR count). The molecule has 0 amide bonds. The zero-order chi connectivity index (χ0) is 17.2. The predicted molar refractivity (Wildman–Crippen MR) is 90.1 cm³/mol. The minimum Gasteiger partial charge on any atom is -0.296 e. The smallest absolute Gasteiger partial charge is 0.296 e. The number of nitrogens with one attached hydrogen (secondary N) is 1. The highest BCUT2D eigenvalue weighted by Gasteiger charge is 2.20. The number of hydrogen-bond acceptors (Lipinski definition) is 4. The van der Waals surface area contributed by atoms with Crippen LogP contribution in [0.25, 0.3) is 10.9 Å². The molecule has 0 radical (unpaired) electrons. The Bertz CT molecular complexity index is 834. The number of hydrogen-bond donors (Lipinski definition) is 1. The number of para-hydroxylation sites is 1. The number of halogens is 2. The van der Waals surface area contributed by atoms with Crippen LogP contribution in [0.15, 0.2) is 36.8 Å². The molecular formula is C17H20F2N6. The Morgan fingerprint density at radius 3 is 2.60 bits per heavy atom. The van der Waals surface area contributed by atoms with Gasteiger partial charge < -0.3 is 0 Å². The summed E-state index contributed by atoms with van der Waals surface area (Å²) in [6, 6.07) is 6.21. The van der Waals surface area contributed by atoms with Gasteiger partial charge in [-0.3, -0.25) is 19.5 Å². The molecule has 25 heavy (non-hydrogen) atoms. The van der Waals surface area contributed by atoms with Crippen LogP contribution in [-0.2, 0) is 13.1 Å². The molecule has 3 aromatic rings. The van der Waals surface area contributed by atoms with E-state index in [-0.39, 0.29) is 0 Å². The molecule has 1 N–H and O–H groups in total. The molecule has 3 heterocycles. The van der Waals surface area contributed by atoms with E-state index >= 15 is 0 Å². The topological polar surface area (TPSA) is 53.0 Å². The minimum atomic E-state index is -2.53. The molecule has 1 saturated heterocycles. The van der Waals surface area contributed by atoms with Gasteiger partial charge in [0.15, 0.2) is 0 Å². The second-order valence-electron chi connectivity index (χ2n) is 6.33. The average Bonchev–Trinajstić information content (AvgIpc) is 3.26. The summed E-state index contributed by atoms with van der Waals surface area (Å²) < 4.78 is 26.8. The molecule has 8 heteroatoms. The Labute approximate surface area is 144 Å². The summed E-state index contributed by atoms with van der Waals surface area (Å²) in [5.41, 5.74) is 2.32. The number of aromatic nitrogens is 4. The van der Waals surface area contributed by atoms with Gasteiger partial charge in [0.2, 0.25) is 0 Å². The van der Waals surface area contributed by atoms with Crippen molar-refractivity contribution in [2.24, 2.45) is 0 Å². The first-order chi connectivity index (χ1) is 12.2. The molecule has 0 bridgehead atoms. The van der Waals surface area contributed by atoms with Gasteiger partial charge in [-0.25, -0.2) is 4.98 Å². The zero-order valence-electron chi connectivity index (χ0n) is 13.8. The Kier molecular flexibility index (Phi) is 4.46. The van der Waals surface area contributed by atoms with E-state index in [0.29, 0.717) is 12.4 Å². The van der Waals surface area contributed by atoms with Crippen LogP contribution in [0.2, 0.25) is 0 Å². The first kappa shape index (κ1) is 16.2. The van der Waals surface area contributed by atoms with Gasteiger partial charge in [-0.2, -0.15) is 13.9 Å². The number of benzene rings is 1. The lowest BCUT2D eigenvalue weighted by molar-refractivity contribution is 0.0603. The van der Waals surface area contributed by atoms with Crippen LogP contribution in [0.4, 0.5) is 8.78 Å². The fourth-order valence-corrected chi connectivity index (χ4v) is 3.35. The molecular weight excluding hydrogens is 326 g/mol. The molecule has 1 aromatic carbocycles. The summed E-state index contributed by atoms with van der Waals surface area (Å²) in [6.07, 6.45) is 4.60. The normalized spacial score (nSPS) is 16.9. The summed E-state index contributed by atoms with van der Waals surface area (Å²) >= 11 is 0. The third kappa shape index (κ3) is 3.40. The first-order valence-electron chi connectivity index (χ1n) is 8.36. The van der Waals surface area contributed by atoms with Crippen LogP contribution < -0.4 is 0 Å². The highest BCUT2D eigenvalue weighted by molar-refractivity contribution is 5.81. The third-order valence-corrected chi connectivity index (χ3v) is 4.75. The van der Waals surface area contributed by atoms with Crippen LogP contribution in [-0.4, -0.2) is 55.7 Å². The predicted octanol–water partition coefficient (Wildman–Crippen LogP) is 2.47. The van der Waals surface area contributed by atoms with E-state index in [4.69, 9.17) is 0 Å². The van der Waals surface area contributed by atoms with Crippen molar-refractivity contribution in [1.29, 1.82) is 0 Å². The van der Waals surface area contributed by atoms with E-state index < -0.39 is 6.55 Å². The first-order valence-corrected chi connectivity index (χ1v) is 8.36. The monoisotopic (exact) mass is 346 g/mol.